The summed E-state index contributed by atoms with van der Waals surface area (Å²) in [5, 5.41) is 11.7. The summed E-state index contributed by atoms with van der Waals surface area (Å²) in [6, 6.07) is 5.23. The van der Waals surface area contributed by atoms with Gasteiger partial charge in [0.05, 0.1) is 23.6 Å². The minimum atomic E-state index is -0.362. The summed E-state index contributed by atoms with van der Waals surface area (Å²) < 4.78 is 0. The predicted molar refractivity (Wildman–Crippen MR) is 64.4 cm³/mol. The zero-order chi connectivity index (χ0) is 11.7. The fraction of sp³-hybridized carbons (Fsp3) is 0.364. The van der Waals surface area contributed by atoms with Crippen molar-refractivity contribution in [1.29, 1.82) is 0 Å². The molecule has 86 valence electrons. The maximum Gasteiger partial charge on any atom is 0.237 e. The number of hydrogen-bond donors (Lipinski definition) is 3. The number of benzene rings is 1. The molecule has 1 aromatic rings. The number of hydrogen-bond acceptors (Lipinski definition) is 4. The number of nitrogens with one attached hydrogen (secondary N) is 1. The maximum atomic E-state index is 11.4. The Morgan fingerprint density at radius 3 is 3.06 bits per heavy atom. The number of carbonyl (C=O) groups excluding carboxylic acids is 1. The third kappa shape index (κ3) is 2.07. The van der Waals surface area contributed by atoms with Gasteiger partial charge in [0.2, 0.25) is 5.91 Å². The van der Waals surface area contributed by atoms with Crippen molar-refractivity contribution < 1.29 is 9.90 Å². The van der Waals surface area contributed by atoms with Gasteiger partial charge < -0.3 is 16.2 Å². The first-order chi connectivity index (χ1) is 7.61. The molecule has 0 saturated carbocycles. The second-order valence-electron chi connectivity index (χ2n) is 3.79. The van der Waals surface area contributed by atoms with Gasteiger partial charge in [0.25, 0.3) is 0 Å². The minimum absolute atomic E-state index is 0.0247. The molecular weight excluding hydrogens is 224 g/mol. The molecule has 1 aliphatic rings. The van der Waals surface area contributed by atoms with E-state index in [4.69, 9.17) is 10.8 Å². The summed E-state index contributed by atoms with van der Waals surface area (Å²) in [6.45, 7) is 1.78. The molecule has 1 amide bonds. The summed E-state index contributed by atoms with van der Waals surface area (Å²) >= 11 is 1.51. The molecule has 16 heavy (non-hydrogen) atoms. The SMILES string of the molecule is CC1Sc2cc(C(N)CO)ccc2NC1=O. The molecule has 1 heterocycles. The molecule has 4 nitrogen and oxygen atoms in total. The third-order valence-corrected chi connectivity index (χ3v) is 3.72. The zero-order valence-electron chi connectivity index (χ0n) is 8.93. The molecule has 0 spiro atoms. The van der Waals surface area contributed by atoms with Crippen LogP contribution in [-0.4, -0.2) is 22.9 Å². The number of rotatable bonds is 2. The fourth-order valence-corrected chi connectivity index (χ4v) is 2.55. The van der Waals surface area contributed by atoms with Gasteiger partial charge in [-0.25, -0.2) is 0 Å². The highest BCUT2D eigenvalue weighted by Crippen LogP contribution is 2.36. The second kappa shape index (κ2) is 4.45. The first-order valence-electron chi connectivity index (χ1n) is 5.09. The van der Waals surface area contributed by atoms with E-state index in [2.05, 4.69) is 5.32 Å². The van der Waals surface area contributed by atoms with Crippen molar-refractivity contribution in [3.63, 3.8) is 0 Å². The zero-order valence-corrected chi connectivity index (χ0v) is 9.75. The van der Waals surface area contributed by atoms with Crippen molar-refractivity contribution >= 4 is 23.4 Å². The van der Waals surface area contributed by atoms with Crippen LogP contribution in [-0.2, 0) is 4.79 Å². The van der Waals surface area contributed by atoms with Crippen LogP contribution in [0.4, 0.5) is 5.69 Å². The Hall–Kier alpha value is -1.04. The molecule has 2 unspecified atom stereocenters. The Bertz CT molecular complexity index is 422. The number of amides is 1. The normalized spacial score (nSPS) is 21.2. The van der Waals surface area contributed by atoms with Crippen LogP contribution in [0.1, 0.15) is 18.5 Å². The molecule has 1 aromatic carbocycles. The lowest BCUT2D eigenvalue weighted by Crippen LogP contribution is -2.26. The molecule has 2 rings (SSSR count). The van der Waals surface area contributed by atoms with Gasteiger partial charge >= 0.3 is 0 Å². The van der Waals surface area contributed by atoms with Crippen molar-refractivity contribution in [2.24, 2.45) is 5.73 Å². The fourth-order valence-electron chi connectivity index (χ4n) is 1.55. The van der Waals surface area contributed by atoms with E-state index in [1.807, 2.05) is 25.1 Å². The second-order valence-corrected chi connectivity index (χ2v) is 5.18. The van der Waals surface area contributed by atoms with Gasteiger partial charge in [0.15, 0.2) is 0 Å². The molecule has 0 fully saturated rings. The van der Waals surface area contributed by atoms with E-state index in [0.29, 0.717) is 0 Å². The van der Waals surface area contributed by atoms with E-state index in [0.717, 1.165) is 16.1 Å². The Kier molecular flexibility index (Phi) is 3.18. The molecule has 0 saturated heterocycles. The number of carbonyl (C=O) groups is 1. The van der Waals surface area contributed by atoms with Crippen LogP contribution in [0, 0.1) is 0 Å². The van der Waals surface area contributed by atoms with Gasteiger partial charge in [-0.3, -0.25) is 4.79 Å². The van der Waals surface area contributed by atoms with Crippen LogP contribution in [0.3, 0.4) is 0 Å². The Labute approximate surface area is 98.2 Å². The summed E-state index contributed by atoms with van der Waals surface area (Å²) in [5.74, 6) is 0.0247. The Morgan fingerprint density at radius 2 is 2.38 bits per heavy atom. The number of aliphatic hydroxyl groups excluding tert-OH is 1. The largest absolute Gasteiger partial charge is 0.394 e. The summed E-state index contributed by atoms with van der Waals surface area (Å²) in [7, 11) is 0. The van der Waals surface area contributed by atoms with E-state index in [9.17, 15) is 4.79 Å². The van der Waals surface area contributed by atoms with Gasteiger partial charge in [0, 0.05) is 4.90 Å². The maximum absolute atomic E-state index is 11.4. The topological polar surface area (TPSA) is 75.3 Å². The number of anilines is 1. The van der Waals surface area contributed by atoms with Crippen molar-refractivity contribution in [1.82, 2.24) is 0 Å². The van der Waals surface area contributed by atoms with Gasteiger partial charge in [-0.1, -0.05) is 6.07 Å². The number of aliphatic hydroxyl groups is 1. The van der Waals surface area contributed by atoms with E-state index >= 15 is 0 Å². The van der Waals surface area contributed by atoms with Crippen LogP contribution in [0.5, 0.6) is 0 Å². The summed E-state index contributed by atoms with van der Waals surface area (Å²) in [4.78, 5) is 12.4. The molecule has 0 bridgehead atoms. The van der Waals surface area contributed by atoms with Crippen molar-refractivity contribution in [2.45, 2.75) is 23.1 Å². The predicted octanol–water partition coefficient (Wildman–Crippen LogP) is 1.11. The van der Waals surface area contributed by atoms with Crippen molar-refractivity contribution in [2.75, 3.05) is 11.9 Å². The van der Waals surface area contributed by atoms with Crippen molar-refractivity contribution in [3.05, 3.63) is 23.8 Å². The smallest absolute Gasteiger partial charge is 0.237 e. The van der Waals surface area contributed by atoms with E-state index in [1.54, 1.807) is 0 Å². The molecule has 4 N–H and O–H groups in total. The van der Waals surface area contributed by atoms with Crippen LogP contribution in [0.15, 0.2) is 23.1 Å². The number of fused-ring (bicyclic) bond motifs is 1. The highest BCUT2D eigenvalue weighted by atomic mass is 32.2. The number of thioether (sulfide) groups is 1. The first kappa shape index (κ1) is 11.4. The van der Waals surface area contributed by atoms with Crippen LogP contribution in [0.2, 0.25) is 0 Å². The minimum Gasteiger partial charge on any atom is -0.394 e. The summed E-state index contributed by atoms with van der Waals surface area (Å²) in [6.07, 6.45) is 0. The lowest BCUT2D eigenvalue weighted by atomic mass is 10.1. The van der Waals surface area contributed by atoms with Crippen LogP contribution >= 0.6 is 11.8 Å². The standard InChI is InChI=1S/C11H14N2O2S/c1-6-11(15)13-9-3-2-7(8(12)5-14)4-10(9)16-6/h2-4,6,8,14H,5,12H2,1H3,(H,13,15). The van der Waals surface area contributed by atoms with Gasteiger partial charge in [-0.2, -0.15) is 0 Å². The molecule has 0 aromatic heterocycles. The highest BCUT2D eigenvalue weighted by molar-refractivity contribution is 8.00. The summed E-state index contributed by atoms with van der Waals surface area (Å²) in [5.41, 5.74) is 7.45. The first-order valence-corrected chi connectivity index (χ1v) is 5.97. The Balaban J connectivity index is 2.32. The lowest BCUT2D eigenvalue weighted by Gasteiger charge is -2.22. The number of nitrogens with two attached hydrogens (primary N) is 1. The van der Waals surface area contributed by atoms with Gasteiger partial charge in [-0.15, -0.1) is 11.8 Å². The molecule has 5 heteroatoms. The van der Waals surface area contributed by atoms with Crippen molar-refractivity contribution in [3.8, 4) is 0 Å². The van der Waals surface area contributed by atoms with E-state index in [-0.39, 0.29) is 23.8 Å². The average Bonchev–Trinajstić information content (AvgIpc) is 2.29. The quantitative estimate of drug-likeness (QED) is 0.721. The molecular formula is C11H14N2O2S. The Morgan fingerprint density at radius 1 is 1.62 bits per heavy atom. The van der Waals surface area contributed by atoms with Crippen LogP contribution < -0.4 is 11.1 Å². The van der Waals surface area contributed by atoms with Crippen LogP contribution in [0.25, 0.3) is 0 Å². The highest BCUT2D eigenvalue weighted by Gasteiger charge is 2.23. The molecule has 2 atom stereocenters. The van der Waals surface area contributed by atoms with E-state index < -0.39 is 0 Å². The average molecular weight is 238 g/mol. The monoisotopic (exact) mass is 238 g/mol. The van der Waals surface area contributed by atoms with Gasteiger partial charge in [0.1, 0.15) is 0 Å². The third-order valence-electron chi connectivity index (χ3n) is 2.56. The molecule has 0 aliphatic carbocycles. The van der Waals surface area contributed by atoms with Gasteiger partial charge in [-0.05, 0) is 24.6 Å². The van der Waals surface area contributed by atoms with E-state index in [1.165, 1.54) is 11.8 Å². The molecule has 1 aliphatic heterocycles. The molecule has 0 radical (unpaired) electrons. The lowest BCUT2D eigenvalue weighted by molar-refractivity contribution is -0.115.